The van der Waals surface area contributed by atoms with Crippen LogP contribution in [-0.4, -0.2) is 11.0 Å². The molecule has 0 aliphatic carbocycles. The molecule has 144 valence electrons. The van der Waals surface area contributed by atoms with E-state index in [1.165, 1.54) is 6.07 Å². The third kappa shape index (κ3) is 4.70. The minimum absolute atomic E-state index is 0.0381. The predicted octanol–water partition coefficient (Wildman–Crippen LogP) is 6.42. The van der Waals surface area contributed by atoms with Gasteiger partial charge >= 0.3 is 0 Å². The van der Waals surface area contributed by atoms with E-state index in [1.54, 1.807) is 24.3 Å². The largest absolute Gasteiger partial charge is 0.451 e. The molecule has 3 rings (SSSR count). The SMILES string of the molecule is O=C(NC(=S)Nc1c(F)cc(F)cc1Br)c1ccc(-c2ccc(Cl)cc2Cl)o1. The maximum absolute atomic E-state index is 13.8. The Morgan fingerprint density at radius 1 is 1.11 bits per heavy atom. The number of amides is 1. The second-order valence-electron chi connectivity index (χ2n) is 5.44. The summed E-state index contributed by atoms with van der Waals surface area (Å²) in [5, 5.41) is 5.48. The molecular weight excluding hydrogens is 497 g/mol. The quantitative estimate of drug-likeness (QED) is 0.403. The molecular formula is C18H9BrCl2F2N2O2S. The molecule has 0 saturated heterocycles. The normalized spacial score (nSPS) is 10.6. The summed E-state index contributed by atoms with van der Waals surface area (Å²) in [5.74, 6) is -1.97. The summed E-state index contributed by atoms with van der Waals surface area (Å²) >= 11 is 20.0. The molecule has 1 amide bonds. The third-order valence-electron chi connectivity index (χ3n) is 3.50. The van der Waals surface area contributed by atoms with Crippen LogP contribution in [0.5, 0.6) is 0 Å². The van der Waals surface area contributed by atoms with Crippen molar-refractivity contribution in [1.29, 1.82) is 0 Å². The minimum Gasteiger partial charge on any atom is -0.451 e. The average molecular weight is 506 g/mol. The van der Waals surface area contributed by atoms with Gasteiger partial charge < -0.3 is 9.73 Å². The topological polar surface area (TPSA) is 54.3 Å². The number of hydrogen-bond acceptors (Lipinski definition) is 3. The van der Waals surface area contributed by atoms with Crippen LogP contribution in [0.2, 0.25) is 10.0 Å². The van der Waals surface area contributed by atoms with Gasteiger partial charge in [-0.1, -0.05) is 23.2 Å². The first kappa shape index (κ1) is 20.7. The van der Waals surface area contributed by atoms with Crippen molar-refractivity contribution in [3.05, 3.63) is 74.4 Å². The zero-order valence-corrected chi connectivity index (χ0v) is 17.6. The first-order chi connectivity index (χ1) is 13.2. The van der Waals surface area contributed by atoms with Gasteiger partial charge in [0, 0.05) is 21.1 Å². The van der Waals surface area contributed by atoms with Crippen LogP contribution < -0.4 is 10.6 Å². The Morgan fingerprint density at radius 3 is 2.54 bits per heavy atom. The monoisotopic (exact) mass is 504 g/mol. The van der Waals surface area contributed by atoms with E-state index in [4.69, 9.17) is 39.8 Å². The van der Waals surface area contributed by atoms with Gasteiger partial charge in [-0.2, -0.15) is 0 Å². The Bertz CT molecular complexity index is 1070. The van der Waals surface area contributed by atoms with Gasteiger partial charge in [0.15, 0.2) is 16.7 Å². The van der Waals surface area contributed by atoms with Crippen molar-refractivity contribution in [2.24, 2.45) is 0 Å². The molecule has 0 unspecified atom stereocenters. The highest BCUT2D eigenvalue weighted by molar-refractivity contribution is 9.10. The number of furan rings is 1. The highest BCUT2D eigenvalue weighted by Crippen LogP contribution is 2.31. The average Bonchev–Trinajstić information content (AvgIpc) is 3.08. The van der Waals surface area contributed by atoms with E-state index >= 15 is 0 Å². The van der Waals surface area contributed by atoms with Crippen molar-refractivity contribution in [2.75, 3.05) is 5.32 Å². The van der Waals surface area contributed by atoms with Crippen LogP contribution in [0.1, 0.15) is 10.6 Å². The Hall–Kier alpha value is -2.00. The van der Waals surface area contributed by atoms with Gasteiger partial charge in [0.25, 0.3) is 5.91 Å². The summed E-state index contributed by atoms with van der Waals surface area (Å²) in [4.78, 5) is 12.3. The fourth-order valence-corrected chi connectivity index (χ4v) is 3.47. The van der Waals surface area contributed by atoms with Crippen molar-refractivity contribution in [2.45, 2.75) is 0 Å². The zero-order chi connectivity index (χ0) is 20.4. The van der Waals surface area contributed by atoms with Gasteiger partial charge in [0.2, 0.25) is 0 Å². The van der Waals surface area contributed by atoms with E-state index < -0.39 is 17.5 Å². The lowest BCUT2D eigenvalue weighted by atomic mass is 10.2. The summed E-state index contributed by atoms with van der Waals surface area (Å²) in [6.07, 6.45) is 0. The van der Waals surface area contributed by atoms with E-state index in [0.29, 0.717) is 27.4 Å². The molecule has 0 aliphatic heterocycles. The molecule has 2 N–H and O–H groups in total. The molecule has 2 aromatic carbocycles. The number of halogens is 5. The van der Waals surface area contributed by atoms with Crippen LogP contribution in [0.3, 0.4) is 0 Å². The molecule has 1 aromatic heterocycles. The van der Waals surface area contributed by atoms with E-state index in [1.807, 2.05) is 0 Å². The number of benzene rings is 2. The minimum atomic E-state index is -0.874. The molecule has 0 fully saturated rings. The lowest BCUT2D eigenvalue weighted by molar-refractivity contribution is 0.0951. The number of hydrogen-bond donors (Lipinski definition) is 2. The molecule has 4 nitrogen and oxygen atoms in total. The van der Waals surface area contributed by atoms with Gasteiger partial charge in [0.1, 0.15) is 11.6 Å². The summed E-state index contributed by atoms with van der Waals surface area (Å²) < 4.78 is 32.6. The van der Waals surface area contributed by atoms with Crippen LogP contribution >= 0.6 is 51.3 Å². The van der Waals surface area contributed by atoms with Crippen molar-refractivity contribution in [1.82, 2.24) is 5.32 Å². The molecule has 1 heterocycles. The van der Waals surface area contributed by atoms with Crippen molar-refractivity contribution < 1.29 is 18.0 Å². The van der Waals surface area contributed by atoms with Crippen LogP contribution in [-0.2, 0) is 0 Å². The molecule has 10 heteroatoms. The number of anilines is 1. The predicted molar refractivity (Wildman–Crippen MR) is 112 cm³/mol. The van der Waals surface area contributed by atoms with Crippen molar-refractivity contribution in [3.8, 4) is 11.3 Å². The summed E-state index contributed by atoms with van der Waals surface area (Å²) in [5.41, 5.74) is 0.447. The smallest absolute Gasteiger partial charge is 0.293 e. The summed E-state index contributed by atoms with van der Waals surface area (Å²) in [7, 11) is 0. The van der Waals surface area contributed by atoms with Crippen LogP contribution in [0.4, 0.5) is 14.5 Å². The Labute approximate surface area is 181 Å². The Morgan fingerprint density at radius 2 is 1.86 bits per heavy atom. The van der Waals surface area contributed by atoms with Crippen LogP contribution in [0.25, 0.3) is 11.3 Å². The van der Waals surface area contributed by atoms with Gasteiger partial charge in [-0.05, 0) is 64.5 Å². The maximum atomic E-state index is 13.8. The molecule has 0 bridgehead atoms. The zero-order valence-electron chi connectivity index (χ0n) is 13.7. The van der Waals surface area contributed by atoms with E-state index in [-0.39, 0.29) is 21.0 Å². The van der Waals surface area contributed by atoms with E-state index in [2.05, 4.69) is 26.6 Å². The summed E-state index contributed by atoms with van der Waals surface area (Å²) in [6.45, 7) is 0. The maximum Gasteiger partial charge on any atom is 0.293 e. The fourth-order valence-electron chi connectivity index (χ4n) is 2.27. The lowest BCUT2D eigenvalue weighted by Gasteiger charge is -2.11. The highest BCUT2D eigenvalue weighted by atomic mass is 79.9. The van der Waals surface area contributed by atoms with E-state index in [0.717, 1.165) is 6.07 Å². The second kappa shape index (κ2) is 8.57. The molecule has 0 radical (unpaired) electrons. The molecule has 28 heavy (non-hydrogen) atoms. The fraction of sp³-hybridized carbons (Fsp3) is 0. The third-order valence-corrected chi connectivity index (χ3v) is 4.88. The van der Waals surface area contributed by atoms with Gasteiger partial charge in [0.05, 0.1) is 10.7 Å². The van der Waals surface area contributed by atoms with Crippen molar-refractivity contribution in [3.63, 3.8) is 0 Å². The van der Waals surface area contributed by atoms with Gasteiger partial charge in [-0.15, -0.1) is 0 Å². The highest BCUT2D eigenvalue weighted by Gasteiger charge is 2.17. The summed E-state index contributed by atoms with van der Waals surface area (Å²) in [6, 6.07) is 9.60. The van der Waals surface area contributed by atoms with E-state index in [9.17, 15) is 13.6 Å². The van der Waals surface area contributed by atoms with Crippen molar-refractivity contribution >= 4 is 68.1 Å². The number of nitrogens with one attached hydrogen (secondary N) is 2. The number of carbonyl (C=O) groups is 1. The van der Waals surface area contributed by atoms with Gasteiger partial charge in [-0.25, -0.2) is 8.78 Å². The number of carbonyl (C=O) groups excluding carboxylic acids is 1. The lowest BCUT2D eigenvalue weighted by Crippen LogP contribution is -2.34. The first-order valence-corrected chi connectivity index (χ1v) is 9.52. The molecule has 0 spiro atoms. The van der Waals surface area contributed by atoms with Crippen LogP contribution in [0, 0.1) is 11.6 Å². The van der Waals surface area contributed by atoms with Crippen LogP contribution in [0.15, 0.2) is 51.4 Å². The molecule has 0 aliphatic rings. The number of rotatable bonds is 3. The molecule has 0 atom stereocenters. The Balaban J connectivity index is 1.72. The standard InChI is InChI=1S/C18H9BrCl2F2N2O2S/c19-11-6-9(22)7-13(23)16(11)24-18(28)25-17(26)15-4-3-14(27-15)10-2-1-8(20)5-12(10)21/h1-7H,(H2,24,25,26,28). The molecule has 3 aromatic rings. The molecule has 0 saturated carbocycles. The number of thiocarbonyl (C=S) groups is 1. The Kier molecular flexibility index (Phi) is 6.34. The van der Waals surface area contributed by atoms with Gasteiger partial charge in [-0.3, -0.25) is 10.1 Å². The first-order valence-electron chi connectivity index (χ1n) is 7.56. The second-order valence-corrected chi connectivity index (χ2v) is 7.55.